The molecule has 0 spiro atoms. The smallest absolute Gasteiger partial charge is 0.0517 e. The van der Waals surface area contributed by atoms with E-state index in [1.807, 2.05) is 19.4 Å². The molecule has 3 heteroatoms. The van der Waals surface area contributed by atoms with E-state index in [0.29, 0.717) is 5.41 Å². The minimum absolute atomic E-state index is 0.506. The Balaban J connectivity index is 1.83. The monoisotopic (exact) mass is 193 g/mol. The van der Waals surface area contributed by atoms with E-state index in [9.17, 15) is 0 Å². The SMILES string of the molecule is CNCC1(CNc2cc[nH]c2)CCC1. The van der Waals surface area contributed by atoms with Gasteiger partial charge in [-0.3, -0.25) is 0 Å². The average molecular weight is 193 g/mol. The van der Waals surface area contributed by atoms with Crippen LogP contribution in [0.2, 0.25) is 0 Å². The van der Waals surface area contributed by atoms with Gasteiger partial charge in [-0.05, 0) is 26.0 Å². The lowest BCUT2D eigenvalue weighted by molar-refractivity contribution is 0.151. The number of H-pyrrole nitrogens is 1. The van der Waals surface area contributed by atoms with Crippen molar-refractivity contribution in [3.05, 3.63) is 18.5 Å². The molecule has 1 saturated carbocycles. The Labute approximate surface area is 85.3 Å². The van der Waals surface area contributed by atoms with Crippen molar-refractivity contribution in [2.45, 2.75) is 19.3 Å². The van der Waals surface area contributed by atoms with Gasteiger partial charge in [-0.2, -0.15) is 0 Å². The second kappa shape index (κ2) is 4.05. The van der Waals surface area contributed by atoms with Crippen LogP contribution in [0.4, 0.5) is 5.69 Å². The number of hydrogen-bond donors (Lipinski definition) is 3. The van der Waals surface area contributed by atoms with Gasteiger partial charge in [-0.1, -0.05) is 6.42 Å². The summed E-state index contributed by atoms with van der Waals surface area (Å²) in [5.74, 6) is 0. The minimum atomic E-state index is 0.506. The van der Waals surface area contributed by atoms with Crippen molar-refractivity contribution in [2.24, 2.45) is 5.41 Å². The van der Waals surface area contributed by atoms with E-state index in [0.717, 1.165) is 13.1 Å². The predicted molar refractivity (Wildman–Crippen MR) is 59.5 cm³/mol. The average Bonchev–Trinajstić information content (AvgIpc) is 2.62. The topological polar surface area (TPSA) is 39.8 Å². The van der Waals surface area contributed by atoms with Crippen LogP contribution in [0.3, 0.4) is 0 Å². The van der Waals surface area contributed by atoms with Gasteiger partial charge in [0, 0.05) is 30.9 Å². The summed E-state index contributed by atoms with van der Waals surface area (Å²) >= 11 is 0. The number of anilines is 1. The first-order chi connectivity index (χ1) is 6.85. The molecule has 0 atom stereocenters. The highest BCUT2D eigenvalue weighted by Gasteiger charge is 2.35. The highest BCUT2D eigenvalue weighted by atomic mass is 14.9. The van der Waals surface area contributed by atoms with E-state index in [1.54, 1.807) is 0 Å². The molecule has 1 aliphatic rings. The molecule has 0 aromatic carbocycles. The van der Waals surface area contributed by atoms with Gasteiger partial charge in [0.2, 0.25) is 0 Å². The van der Waals surface area contributed by atoms with Crippen LogP contribution in [0.25, 0.3) is 0 Å². The van der Waals surface area contributed by atoms with Crippen LogP contribution >= 0.6 is 0 Å². The maximum absolute atomic E-state index is 3.48. The van der Waals surface area contributed by atoms with E-state index in [4.69, 9.17) is 0 Å². The molecule has 3 nitrogen and oxygen atoms in total. The van der Waals surface area contributed by atoms with Crippen LogP contribution in [-0.2, 0) is 0 Å². The molecular formula is C11H19N3. The van der Waals surface area contributed by atoms with Crippen LogP contribution in [0.5, 0.6) is 0 Å². The predicted octanol–water partition coefficient (Wildman–Crippen LogP) is 1.82. The molecule has 0 amide bonds. The van der Waals surface area contributed by atoms with Crippen LogP contribution < -0.4 is 10.6 Å². The van der Waals surface area contributed by atoms with E-state index in [2.05, 4.69) is 21.7 Å². The lowest BCUT2D eigenvalue weighted by Crippen LogP contribution is -2.44. The fraction of sp³-hybridized carbons (Fsp3) is 0.636. The summed E-state index contributed by atoms with van der Waals surface area (Å²) < 4.78 is 0. The Morgan fingerprint density at radius 2 is 2.29 bits per heavy atom. The van der Waals surface area contributed by atoms with Crippen molar-refractivity contribution in [1.82, 2.24) is 10.3 Å². The molecule has 3 N–H and O–H groups in total. The molecule has 1 aliphatic carbocycles. The van der Waals surface area contributed by atoms with E-state index in [1.165, 1.54) is 24.9 Å². The Bertz CT molecular complexity index is 262. The Morgan fingerprint density at radius 1 is 1.43 bits per heavy atom. The summed E-state index contributed by atoms with van der Waals surface area (Å²) in [4.78, 5) is 3.06. The molecule has 0 unspecified atom stereocenters. The molecule has 1 aromatic rings. The summed E-state index contributed by atoms with van der Waals surface area (Å²) in [7, 11) is 2.04. The summed E-state index contributed by atoms with van der Waals surface area (Å²) in [5.41, 5.74) is 1.71. The van der Waals surface area contributed by atoms with Gasteiger partial charge >= 0.3 is 0 Å². The molecule has 1 heterocycles. The van der Waals surface area contributed by atoms with Gasteiger partial charge in [0.05, 0.1) is 5.69 Å². The second-order valence-electron chi connectivity index (χ2n) is 4.34. The first-order valence-corrected chi connectivity index (χ1v) is 5.36. The summed E-state index contributed by atoms with van der Waals surface area (Å²) in [5, 5.41) is 6.77. The van der Waals surface area contributed by atoms with Gasteiger partial charge in [0.25, 0.3) is 0 Å². The maximum atomic E-state index is 3.48. The molecule has 78 valence electrons. The molecular weight excluding hydrogens is 174 g/mol. The zero-order valence-electron chi connectivity index (χ0n) is 8.77. The molecule has 1 aromatic heterocycles. The zero-order valence-corrected chi connectivity index (χ0v) is 8.77. The van der Waals surface area contributed by atoms with Gasteiger partial charge in [-0.25, -0.2) is 0 Å². The highest BCUT2D eigenvalue weighted by Crippen LogP contribution is 2.40. The quantitative estimate of drug-likeness (QED) is 0.667. The standard InChI is InChI=1S/C11H19N3/c1-12-8-11(4-2-5-11)9-14-10-3-6-13-7-10/h3,6-7,12-14H,2,4-5,8-9H2,1H3. The summed E-state index contributed by atoms with van der Waals surface area (Å²) in [6.07, 6.45) is 8.05. The van der Waals surface area contributed by atoms with Gasteiger partial charge < -0.3 is 15.6 Å². The number of hydrogen-bond acceptors (Lipinski definition) is 2. The van der Waals surface area contributed by atoms with Gasteiger partial charge in [0.15, 0.2) is 0 Å². The lowest BCUT2D eigenvalue weighted by atomic mass is 9.68. The summed E-state index contributed by atoms with van der Waals surface area (Å²) in [6, 6.07) is 2.08. The lowest BCUT2D eigenvalue weighted by Gasteiger charge is -2.42. The normalized spacial score (nSPS) is 18.9. The molecule has 0 saturated heterocycles. The number of rotatable bonds is 5. The van der Waals surface area contributed by atoms with E-state index < -0.39 is 0 Å². The Hall–Kier alpha value is -0.960. The van der Waals surface area contributed by atoms with Crippen LogP contribution in [-0.4, -0.2) is 25.1 Å². The first-order valence-electron chi connectivity index (χ1n) is 5.36. The summed E-state index contributed by atoms with van der Waals surface area (Å²) in [6.45, 7) is 2.22. The third-order valence-corrected chi connectivity index (χ3v) is 3.23. The van der Waals surface area contributed by atoms with Gasteiger partial charge in [-0.15, -0.1) is 0 Å². The fourth-order valence-electron chi connectivity index (χ4n) is 2.19. The zero-order chi connectivity index (χ0) is 9.86. The van der Waals surface area contributed by atoms with E-state index >= 15 is 0 Å². The minimum Gasteiger partial charge on any atom is -0.383 e. The maximum Gasteiger partial charge on any atom is 0.0517 e. The van der Waals surface area contributed by atoms with Crippen LogP contribution in [0.1, 0.15) is 19.3 Å². The van der Waals surface area contributed by atoms with Crippen LogP contribution in [0, 0.1) is 5.41 Å². The largest absolute Gasteiger partial charge is 0.383 e. The first kappa shape index (κ1) is 9.59. The van der Waals surface area contributed by atoms with Crippen molar-refractivity contribution in [2.75, 3.05) is 25.5 Å². The fourth-order valence-corrected chi connectivity index (χ4v) is 2.19. The molecule has 2 rings (SSSR count). The Morgan fingerprint density at radius 3 is 2.79 bits per heavy atom. The molecule has 14 heavy (non-hydrogen) atoms. The second-order valence-corrected chi connectivity index (χ2v) is 4.34. The van der Waals surface area contributed by atoms with Crippen molar-refractivity contribution in [3.8, 4) is 0 Å². The van der Waals surface area contributed by atoms with Gasteiger partial charge in [0.1, 0.15) is 0 Å². The highest BCUT2D eigenvalue weighted by molar-refractivity contribution is 5.40. The Kier molecular flexibility index (Phi) is 2.77. The molecule has 0 radical (unpaired) electrons. The molecule has 1 fully saturated rings. The third-order valence-electron chi connectivity index (χ3n) is 3.23. The van der Waals surface area contributed by atoms with Crippen molar-refractivity contribution < 1.29 is 0 Å². The number of aromatic nitrogens is 1. The molecule has 0 aliphatic heterocycles. The van der Waals surface area contributed by atoms with Crippen LogP contribution in [0.15, 0.2) is 18.5 Å². The molecule has 0 bridgehead atoms. The number of nitrogens with one attached hydrogen (secondary N) is 3. The van der Waals surface area contributed by atoms with Crippen molar-refractivity contribution in [3.63, 3.8) is 0 Å². The van der Waals surface area contributed by atoms with Crippen molar-refractivity contribution >= 4 is 5.69 Å². The number of aromatic amines is 1. The van der Waals surface area contributed by atoms with Crippen molar-refractivity contribution in [1.29, 1.82) is 0 Å². The van der Waals surface area contributed by atoms with E-state index in [-0.39, 0.29) is 0 Å². The third kappa shape index (κ3) is 1.93.